The number of carbonyl (C=O) groups is 1. The van der Waals surface area contributed by atoms with Crippen molar-refractivity contribution >= 4 is 23.1 Å². The molecule has 0 atom stereocenters. The van der Waals surface area contributed by atoms with Crippen molar-refractivity contribution in [2.75, 3.05) is 10.6 Å². The van der Waals surface area contributed by atoms with Crippen LogP contribution in [0.3, 0.4) is 0 Å². The molecule has 2 aromatic carbocycles. The van der Waals surface area contributed by atoms with E-state index in [1.807, 2.05) is 48.5 Å². The summed E-state index contributed by atoms with van der Waals surface area (Å²) in [5.74, 6) is 0.531. The van der Waals surface area contributed by atoms with Crippen molar-refractivity contribution in [2.45, 2.75) is 19.8 Å². The SMILES string of the molecule is Cc1cccc(Nc2ccc(NC(=O)CCc3ccccc3)nc2)c1. The van der Waals surface area contributed by atoms with Gasteiger partial charge in [0.15, 0.2) is 0 Å². The number of rotatable bonds is 6. The summed E-state index contributed by atoms with van der Waals surface area (Å²) in [5, 5.41) is 6.13. The first kappa shape index (κ1) is 16.7. The molecule has 1 amide bonds. The number of aromatic nitrogens is 1. The Morgan fingerprint density at radius 2 is 1.80 bits per heavy atom. The van der Waals surface area contributed by atoms with Crippen molar-refractivity contribution in [1.29, 1.82) is 0 Å². The van der Waals surface area contributed by atoms with Crippen LogP contribution in [0.15, 0.2) is 72.9 Å². The summed E-state index contributed by atoms with van der Waals surface area (Å²) in [7, 11) is 0. The van der Waals surface area contributed by atoms with E-state index in [1.165, 1.54) is 5.56 Å². The van der Waals surface area contributed by atoms with E-state index in [1.54, 1.807) is 12.3 Å². The fraction of sp³-hybridized carbons (Fsp3) is 0.143. The van der Waals surface area contributed by atoms with Gasteiger partial charge in [0.25, 0.3) is 0 Å². The lowest BCUT2D eigenvalue weighted by Gasteiger charge is -2.08. The molecular weight excluding hydrogens is 310 g/mol. The second-order valence-corrected chi connectivity index (χ2v) is 5.96. The molecule has 0 unspecified atom stereocenters. The molecule has 0 fully saturated rings. The van der Waals surface area contributed by atoms with Crippen molar-refractivity contribution in [3.05, 3.63) is 84.1 Å². The van der Waals surface area contributed by atoms with E-state index in [2.05, 4.69) is 34.7 Å². The van der Waals surface area contributed by atoms with Gasteiger partial charge >= 0.3 is 0 Å². The smallest absolute Gasteiger partial charge is 0.225 e. The summed E-state index contributed by atoms with van der Waals surface area (Å²) in [6.07, 6.45) is 2.88. The molecule has 1 heterocycles. The first-order valence-electron chi connectivity index (χ1n) is 8.32. The average Bonchev–Trinajstić information content (AvgIpc) is 2.63. The number of benzene rings is 2. The van der Waals surface area contributed by atoms with Crippen molar-refractivity contribution in [2.24, 2.45) is 0 Å². The quantitative estimate of drug-likeness (QED) is 0.688. The maximum atomic E-state index is 12.0. The van der Waals surface area contributed by atoms with Gasteiger partial charge in [-0.2, -0.15) is 0 Å². The molecule has 0 bridgehead atoms. The minimum atomic E-state index is -0.0317. The molecule has 0 saturated carbocycles. The first-order chi connectivity index (χ1) is 12.2. The lowest BCUT2D eigenvalue weighted by atomic mass is 10.1. The van der Waals surface area contributed by atoms with Gasteiger partial charge in [0.2, 0.25) is 5.91 Å². The van der Waals surface area contributed by atoms with Gasteiger partial charge in [0.1, 0.15) is 5.82 Å². The number of aryl methyl sites for hydroxylation is 2. The highest BCUT2D eigenvalue weighted by Gasteiger charge is 2.04. The maximum absolute atomic E-state index is 12.0. The van der Waals surface area contributed by atoms with Crippen molar-refractivity contribution in [1.82, 2.24) is 4.98 Å². The van der Waals surface area contributed by atoms with Gasteiger partial charge in [-0.05, 0) is 48.7 Å². The van der Waals surface area contributed by atoms with Crippen LogP contribution in [0, 0.1) is 6.92 Å². The molecular formula is C21H21N3O. The second-order valence-electron chi connectivity index (χ2n) is 5.96. The molecule has 2 N–H and O–H groups in total. The molecule has 1 aromatic heterocycles. The number of hydrogen-bond acceptors (Lipinski definition) is 3. The van der Waals surface area contributed by atoms with Crippen LogP contribution in [0.2, 0.25) is 0 Å². The predicted molar refractivity (Wildman–Crippen MR) is 102 cm³/mol. The Morgan fingerprint density at radius 3 is 2.52 bits per heavy atom. The summed E-state index contributed by atoms with van der Waals surface area (Å²) in [5.41, 5.74) is 4.25. The van der Waals surface area contributed by atoms with E-state index in [4.69, 9.17) is 0 Å². The lowest BCUT2D eigenvalue weighted by molar-refractivity contribution is -0.116. The molecule has 0 aliphatic carbocycles. The standard InChI is InChI=1S/C21H21N3O/c1-16-6-5-9-18(14-16)23-19-11-12-20(22-15-19)24-21(25)13-10-17-7-3-2-4-8-17/h2-9,11-12,14-15,23H,10,13H2,1H3,(H,22,24,25). The Bertz CT molecular complexity index is 829. The molecule has 3 aromatic rings. The van der Waals surface area contributed by atoms with Crippen LogP contribution in [0.1, 0.15) is 17.5 Å². The lowest BCUT2D eigenvalue weighted by Crippen LogP contribution is -2.13. The van der Waals surface area contributed by atoms with Gasteiger partial charge in [0.05, 0.1) is 11.9 Å². The summed E-state index contributed by atoms with van der Waals surface area (Å²) in [4.78, 5) is 16.3. The molecule has 25 heavy (non-hydrogen) atoms. The zero-order valence-electron chi connectivity index (χ0n) is 14.2. The van der Waals surface area contributed by atoms with Crippen LogP contribution in [-0.4, -0.2) is 10.9 Å². The third-order valence-corrected chi connectivity index (χ3v) is 3.82. The third-order valence-electron chi connectivity index (χ3n) is 3.82. The first-order valence-corrected chi connectivity index (χ1v) is 8.32. The highest BCUT2D eigenvalue weighted by Crippen LogP contribution is 2.18. The number of hydrogen-bond donors (Lipinski definition) is 2. The highest BCUT2D eigenvalue weighted by molar-refractivity contribution is 5.90. The van der Waals surface area contributed by atoms with Crippen LogP contribution >= 0.6 is 0 Å². The fourth-order valence-electron chi connectivity index (χ4n) is 2.54. The van der Waals surface area contributed by atoms with Gasteiger partial charge in [-0.15, -0.1) is 0 Å². The average molecular weight is 331 g/mol. The summed E-state index contributed by atoms with van der Waals surface area (Å²) >= 11 is 0. The van der Waals surface area contributed by atoms with E-state index in [9.17, 15) is 4.79 Å². The molecule has 0 aliphatic heterocycles. The molecule has 4 nitrogen and oxygen atoms in total. The number of nitrogens with zero attached hydrogens (tertiary/aromatic N) is 1. The van der Waals surface area contributed by atoms with Crippen LogP contribution < -0.4 is 10.6 Å². The summed E-state index contributed by atoms with van der Waals surface area (Å²) in [6, 6.07) is 21.8. The van der Waals surface area contributed by atoms with Crippen molar-refractivity contribution in [3.8, 4) is 0 Å². The topological polar surface area (TPSA) is 54.0 Å². The van der Waals surface area contributed by atoms with Gasteiger partial charge in [-0.1, -0.05) is 42.5 Å². The Balaban J connectivity index is 1.52. The van der Waals surface area contributed by atoms with E-state index in [0.29, 0.717) is 12.2 Å². The molecule has 126 valence electrons. The third kappa shape index (κ3) is 5.18. The van der Waals surface area contributed by atoms with Crippen molar-refractivity contribution < 1.29 is 4.79 Å². The fourth-order valence-corrected chi connectivity index (χ4v) is 2.54. The molecule has 0 saturated heterocycles. The normalized spacial score (nSPS) is 10.3. The molecule has 0 spiro atoms. The van der Waals surface area contributed by atoms with Crippen LogP contribution in [-0.2, 0) is 11.2 Å². The van der Waals surface area contributed by atoms with Gasteiger partial charge in [0, 0.05) is 12.1 Å². The Morgan fingerprint density at radius 1 is 0.960 bits per heavy atom. The minimum Gasteiger partial charge on any atom is -0.354 e. The Labute approximate surface area is 147 Å². The highest BCUT2D eigenvalue weighted by atomic mass is 16.1. The predicted octanol–water partition coefficient (Wildman–Crippen LogP) is 4.70. The van der Waals surface area contributed by atoms with Crippen LogP contribution in [0.25, 0.3) is 0 Å². The van der Waals surface area contributed by atoms with E-state index >= 15 is 0 Å². The molecule has 0 radical (unpaired) electrons. The van der Waals surface area contributed by atoms with E-state index in [-0.39, 0.29) is 5.91 Å². The number of amides is 1. The number of pyridine rings is 1. The largest absolute Gasteiger partial charge is 0.354 e. The van der Waals surface area contributed by atoms with Gasteiger partial charge in [-0.3, -0.25) is 4.79 Å². The number of carbonyl (C=O) groups excluding carboxylic acids is 1. The number of anilines is 3. The Kier molecular flexibility index (Phi) is 5.42. The zero-order chi connectivity index (χ0) is 17.5. The Hall–Kier alpha value is -3.14. The monoisotopic (exact) mass is 331 g/mol. The molecule has 3 rings (SSSR count). The van der Waals surface area contributed by atoms with E-state index < -0.39 is 0 Å². The van der Waals surface area contributed by atoms with Crippen molar-refractivity contribution in [3.63, 3.8) is 0 Å². The minimum absolute atomic E-state index is 0.0317. The molecule has 4 heteroatoms. The summed E-state index contributed by atoms with van der Waals surface area (Å²) < 4.78 is 0. The summed E-state index contributed by atoms with van der Waals surface area (Å²) in [6.45, 7) is 2.05. The van der Waals surface area contributed by atoms with E-state index in [0.717, 1.165) is 23.4 Å². The number of nitrogens with one attached hydrogen (secondary N) is 2. The van der Waals surface area contributed by atoms with Crippen LogP contribution in [0.4, 0.5) is 17.2 Å². The second kappa shape index (κ2) is 8.11. The zero-order valence-corrected chi connectivity index (χ0v) is 14.2. The van der Waals surface area contributed by atoms with Crippen LogP contribution in [0.5, 0.6) is 0 Å². The van der Waals surface area contributed by atoms with Gasteiger partial charge in [-0.25, -0.2) is 4.98 Å². The maximum Gasteiger partial charge on any atom is 0.225 e. The molecule has 0 aliphatic rings. The van der Waals surface area contributed by atoms with Gasteiger partial charge < -0.3 is 10.6 Å².